The third-order valence-electron chi connectivity index (χ3n) is 5.44. The van der Waals surface area contributed by atoms with Gasteiger partial charge < -0.3 is 5.11 Å². The molecule has 0 bridgehead atoms. The van der Waals surface area contributed by atoms with Crippen molar-refractivity contribution in [2.24, 2.45) is 5.92 Å². The molecule has 0 aliphatic heterocycles. The molecule has 0 aromatic heterocycles. The predicted octanol–water partition coefficient (Wildman–Crippen LogP) is 3.99. The lowest BCUT2D eigenvalue weighted by molar-refractivity contribution is 0.263. The molecule has 1 aromatic rings. The first kappa shape index (κ1) is 13.6. The van der Waals surface area contributed by atoms with Crippen LogP contribution in [-0.4, -0.2) is 11.7 Å². The van der Waals surface area contributed by atoms with Crippen molar-refractivity contribution < 1.29 is 5.11 Å². The molecule has 0 amide bonds. The van der Waals surface area contributed by atoms with Gasteiger partial charge in [0.2, 0.25) is 0 Å². The summed E-state index contributed by atoms with van der Waals surface area (Å²) >= 11 is 0. The Bertz CT molecular complexity index is 457. The van der Waals surface area contributed by atoms with Gasteiger partial charge in [0, 0.05) is 12.5 Å². The Hall–Kier alpha value is -0.820. The van der Waals surface area contributed by atoms with Gasteiger partial charge in [-0.05, 0) is 33.4 Å². The molecule has 18 heavy (non-hydrogen) atoms. The number of hydrogen-bond acceptors (Lipinski definition) is 1. The van der Waals surface area contributed by atoms with Crippen LogP contribution >= 0.6 is 0 Å². The number of rotatable bonds is 2. The van der Waals surface area contributed by atoms with E-state index in [0.29, 0.717) is 5.92 Å². The molecule has 0 heterocycles. The normalized spacial score (nSPS) is 25.8. The van der Waals surface area contributed by atoms with Crippen LogP contribution in [-0.2, 0) is 10.8 Å². The standard InChI is InChI=1S/C17H26O/c1-11(10-18)13-7-8-14-15(9-13)17(5,6)12(2)16(14,3)4/h7-9,11-12,18H,10H2,1-6H3/t11-,12+/m0/s1. The molecule has 0 saturated heterocycles. The number of aliphatic hydroxyl groups excluding tert-OH is 1. The number of benzene rings is 1. The molecule has 1 nitrogen and oxygen atoms in total. The van der Waals surface area contributed by atoms with Gasteiger partial charge in [0.1, 0.15) is 0 Å². The fraction of sp³-hybridized carbons (Fsp3) is 0.647. The Morgan fingerprint density at radius 1 is 1.11 bits per heavy atom. The average Bonchev–Trinajstić information content (AvgIpc) is 2.47. The van der Waals surface area contributed by atoms with Gasteiger partial charge in [0.05, 0.1) is 0 Å². The van der Waals surface area contributed by atoms with Crippen LogP contribution < -0.4 is 0 Å². The quantitative estimate of drug-likeness (QED) is 0.836. The summed E-state index contributed by atoms with van der Waals surface area (Å²) in [4.78, 5) is 0. The van der Waals surface area contributed by atoms with E-state index in [4.69, 9.17) is 0 Å². The molecule has 0 unspecified atom stereocenters. The molecule has 100 valence electrons. The van der Waals surface area contributed by atoms with Crippen LogP contribution in [0.5, 0.6) is 0 Å². The van der Waals surface area contributed by atoms with Gasteiger partial charge in [-0.3, -0.25) is 0 Å². The molecule has 0 radical (unpaired) electrons. The van der Waals surface area contributed by atoms with Crippen LogP contribution in [0.2, 0.25) is 0 Å². The highest BCUT2D eigenvalue weighted by Crippen LogP contribution is 2.53. The van der Waals surface area contributed by atoms with Crippen molar-refractivity contribution in [2.75, 3.05) is 6.61 Å². The summed E-state index contributed by atoms with van der Waals surface area (Å²) in [5, 5.41) is 9.32. The third kappa shape index (κ3) is 1.72. The molecular weight excluding hydrogens is 220 g/mol. The zero-order valence-electron chi connectivity index (χ0n) is 12.5. The third-order valence-corrected chi connectivity index (χ3v) is 5.44. The van der Waals surface area contributed by atoms with Crippen molar-refractivity contribution in [3.63, 3.8) is 0 Å². The summed E-state index contributed by atoms with van der Waals surface area (Å²) in [6.07, 6.45) is 0. The molecular formula is C17H26O. The molecule has 1 aliphatic rings. The van der Waals surface area contributed by atoms with E-state index in [1.807, 2.05) is 0 Å². The number of hydrogen-bond donors (Lipinski definition) is 1. The van der Waals surface area contributed by atoms with E-state index in [1.54, 1.807) is 0 Å². The number of fused-ring (bicyclic) bond motifs is 1. The molecule has 2 atom stereocenters. The second-order valence-corrected chi connectivity index (χ2v) is 7.05. The van der Waals surface area contributed by atoms with Crippen molar-refractivity contribution in [2.45, 2.75) is 58.3 Å². The molecule has 1 aromatic carbocycles. The highest BCUT2D eigenvalue weighted by Gasteiger charge is 2.48. The van der Waals surface area contributed by atoms with E-state index < -0.39 is 0 Å². The first-order valence-corrected chi connectivity index (χ1v) is 6.98. The van der Waals surface area contributed by atoms with Gasteiger partial charge >= 0.3 is 0 Å². The molecule has 1 heteroatoms. The summed E-state index contributed by atoms with van der Waals surface area (Å²) in [6.45, 7) is 14.0. The van der Waals surface area contributed by atoms with E-state index in [9.17, 15) is 5.11 Å². The Balaban J connectivity index is 2.58. The fourth-order valence-corrected chi connectivity index (χ4v) is 3.44. The van der Waals surface area contributed by atoms with E-state index >= 15 is 0 Å². The maximum absolute atomic E-state index is 9.32. The molecule has 0 spiro atoms. The smallest absolute Gasteiger partial charge is 0.0497 e. The average molecular weight is 246 g/mol. The first-order chi connectivity index (χ1) is 8.22. The van der Waals surface area contributed by atoms with E-state index in [2.05, 4.69) is 59.7 Å². The second kappa shape index (κ2) is 4.09. The zero-order valence-corrected chi connectivity index (χ0v) is 12.5. The summed E-state index contributed by atoms with van der Waals surface area (Å²) in [7, 11) is 0. The first-order valence-electron chi connectivity index (χ1n) is 6.98. The van der Waals surface area contributed by atoms with Crippen molar-refractivity contribution in [3.05, 3.63) is 34.9 Å². The lowest BCUT2D eigenvalue weighted by Gasteiger charge is -2.32. The van der Waals surface area contributed by atoms with Gasteiger partial charge in [-0.1, -0.05) is 59.7 Å². The van der Waals surface area contributed by atoms with Crippen molar-refractivity contribution >= 4 is 0 Å². The SMILES string of the molecule is C[C@@H]1C(C)(C)c2ccc([C@@H](C)CO)cc2C1(C)C. The van der Waals surface area contributed by atoms with Crippen molar-refractivity contribution in [1.82, 2.24) is 0 Å². The molecule has 0 fully saturated rings. The maximum atomic E-state index is 9.32. The predicted molar refractivity (Wildman–Crippen MR) is 77.2 cm³/mol. The lowest BCUT2D eigenvalue weighted by Crippen LogP contribution is -2.30. The molecule has 2 rings (SSSR count). The molecule has 0 saturated carbocycles. The Labute approximate surface area is 111 Å². The van der Waals surface area contributed by atoms with E-state index in [-0.39, 0.29) is 23.4 Å². The van der Waals surface area contributed by atoms with Gasteiger partial charge in [-0.2, -0.15) is 0 Å². The van der Waals surface area contributed by atoms with Gasteiger partial charge in [-0.15, -0.1) is 0 Å². The minimum absolute atomic E-state index is 0.212. The Morgan fingerprint density at radius 3 is 2.22 bits per heavy atom. The Kier molecular flexibility index (Phi) is 3.09. The van der Waals surface area contributed by atoms with E-state index in [0.717, 1.165) is 0 Å². The minimum atomic E-state index is 0.212. The van der Waals surface area contributed by atoms with Gasteiger partial charge in [0.15, 0.2) is 0 Å². The number of aliphatic hydroxyl groups is 1. The van der Waals surface area contributed by atoms with Crippen LogP contribution in [0.1, 0.15) is 64.2 Å². The summed E-state index contributed by atoms with van der Waals surface area (Å²) in [5.41, 5.74) is 4.66. The minimum Gasteiger partial charge on any atom is -0.396 e. The van der Waals surface area contributed by atoms with Crippen LogP contribution in [0.4, 0.5) is 0 Å². The van der Waals surface area contributed by atoms with Crippen LogP contribution in [0.3, 0.4) is 0 Å². The largest absolute Gasteiger partial charge is 0.396 e. The summed E-state index contributed by atoms with van der Waals surface area (Å²) < 4.78 is 0. The van der Waals surface area contributed by atoms with Crippen LogP contribution in [0.15, 0.2) is 18.2 Å². The molecule has 1 N–H and O–H groups in total. The van der Waals surface area contributed by atoms with Crippen molar-refractivity contribution in [3.8, 4) is 0 Å². The molecule has 1 aliphatic carbocycles. The van der Waals surface area contributed by atoms with Crippen LogP contribution in [0.25, 0.3) is 0 Å². The highest BCUT2D eigenvalue weighted by molar-refractivity contribution is 5.48. The second-order valence-electron chi connectivity index (χ2n) is 7.05. The van der Waals surface area contributed by atoms with Crippen molar-refractivity contribution in [1.29, 1.82) is 0 Å². The van der Waals surface area contributed by atoms with E-state index in [1.165, 1.54) is 16.7 Å². The summed E-state index contributed by atoms with van der Waals surface area (Å²) in [5.74, 6) is 0.852. The highest BCUT2D eigenvalue weighted by atomic mass is 16.3. The zero-order chi connectivity index (χ0) is 13.7. The van der Waals surface area contributed by atoms with Gasteiger partial charge in [0.25, 0.3) is 0 Å². The Morgan fingerprint density at radius 2 is 1.67 bits per heavy atom. The topological polar surface area (TPSA) is 20.2 Å². The monoisotopic (exact) mass is 246 g/mol. The van der Waals surface area contributed by atoms with Gasteiger partial charge in [-0.25, -0.2) is 0 Å². The summed E-state index contributed by atoms with van der Waals surface area (Å²) in [6, 6.07) is 6.79. The fourth-order valence-electron chi connectivity index (χ4n) is 3.44. The maximum Gasteiger partial charge on any atom is 0.0497 e. The lowest BCUT2D eigenvalue weighted by atomic mass is 9.71. The van der Waals surface area contributed by atoms with Crippen LogP contribution in [0, 0.1) is 5.92 Å².